The molecule has 0 saturated heterocycles. The lowest BCUT2D eigenvalue weighted by Gasteiger charge is -2.10. The highest BCUT2D eigenvalue weighted by Gasteiger charge is 2.32. The van der Waals surface area contributed by atoms with Crippen LogP contribution >= 0.6 is 11.3 Å². The number of aromatic nitrogens is 3. The number of hydrogen-bond donors (Lipinski definition) is 2. The zero-order chi connectivity index (χ0) is 20.2. The number of alkyl halides is 2. The van der Waals surface area contributed by atoms with Gasteiger partial charge in [-0.1, -0.05) is 0 Å². The SMILES string of the molecule is Cc1nn(C)cc1C(=O)Nc1c(C(N)=O)sc2nc(C(F)F)cc(C3CC3)c12. The van der Waals surface area contributed by atoms with Crippen LogP contribution in [0.25, 0.3) is 10.2 Å². The van der Waals surface area contributed by atoms with Gasteiger partial charge >= 0.3 is 0 Å². The Hall–Kier alpha value is -2.88. The van der Waals surface area contributed by atoms with E-state index in [9.17, 15) is 18.4 Å². The minimum atomic E-state index is -2.72. The van der Waals surface area contributed by atoms with Crippen LogP contribution in [0, 0.1) is 6.92 Å². The lowest BCUT2D eigenvalue weighted by molar-refractivity contribution is 0.100. The van der Waals surface area contributed by atoms with Crippen LogP contribution in [0.4, 0.5) is 14.5 Å². The molecule has 1 saturated carbocycles. The number of rotatable bonds is 5. The maximum Gasteiger partial charge on any atom is 0.280 e. The first-order valence-corrected chi connectivity index (χ1v) is 9.44. The summed E-state index contributed by atoms with van der Waals surface area (Å²) in [5.41, 5.74) is 6.93. The van der Waals surface area contributed by atoms with Crippen LogP contribution in [0.2, 0.25) is 0 Å². The maximum absolute atomic E-state index is 13.3. The van der Waals surface area contributed by atoms with Crippen LogP contribution in [0.3, 0.4) is 0 Å². The molecule has 3 N–H and O–H groups in total. The van der Waals surface area contributed by atoms with Gasteiger partial charge in [0.25, 0.3) is 18.2 Å². The summed E-state index contributed by atoms with van der Waals surface area (Å²) in [6.45, 7) is 1.70. The van der Waals surface area contributed by atoms with Crippen LogP contribution in [0.15, 0.2) is 12.3 Å². The number of thiophene rings is 1. The Balaban J connectivity index is 1.88. The Labute approximate surface area is 162 Å². The van der Waals surface area contributed by atoms with E-state index in [0.29, 0.717) is 22.2 Å². The van der Waals surface area contributed by atoms with Gasteiger partial charge in [0.2, 0.25) is 0 Å². The van der Waals surface area contributed by atoms with Gasteiger partial charge in [0.05, 0.1) is 16.9 Å². The van der Waals surface area contributed by atoms with Gasteiger partial charge in [-0.25, -0.2) is 13.8 Å². The summed E-state index contributed by atoms with van der Waals surface area (Å²) in [5, 5.41) is 7.40. The van der Waals surface area contributed by atoms with Gasteiger partial charge in [-0.15, -0.1) is 11.3 Å². The van der Waals surface area contributed by atoms with Crippen LogP contribution in [-0.4, -0.2) is 26.6 Å². The first-order chi connectivity index (χ1) is 13.3. The third-order valence-electron chi connectivity index (χ3n) is 4.67. The van der Waals surface area contributed by atoms with E-state index >= 15 is 0 Å². The number of hydrogen-bond acceptors (Lipinski definition) is 5. The van der Waals surface area contributed by atoms with Crippen LogP contribution in [0.1, 0.15) is 62.2 Å². The third-order valence-corrected chi connectivity index (χ3v) is 5.77. The highest BCUT2D eigenvalue weighted by atomic mass is 32.1. The number of primary amides is 1. The molecule has 7 nitrogen and oxygen atoms in total. The Morgan fingerprint density at radius 2 is 2.11 bits per heavy atom. The van der Waals surface area contributed by atoms with Gasteiger partial charge in [0.1, 0.15) is 15.4 Å². The standard InChI is InChI=1S/C18H17F2N5O2S/c1-7-10(6-25(2)24-7)17(27)23-13-12-9(8-3-4-8)5-11(15(19)20)22-18(12)28-14(13)16(21)26/h5-6,8,15H,3-4H2,1-2H3,(H2,21,26)(H,23,27). The van der Waals surface area contributed by atoms with E-state index in [2.05, 4.69) is 15.4 Å². The van der Waals surface area contributed by atoms with Gasteiger partial charge in [-0.05, 0) is 37.3 Å². The fraction of sp³-hybridized carbons (Fsp3) is 0.333. The number of pyridine rings is 1. The molecule has 0 aromatic carbocycles. The molecule has 0 radical (unpaired) electrons. The fourth-order valence-electron chi connectivity index (χ4n) is 3.27. The maximum atomic E-state index is 13.3. The number of nitrogens with zero attached hydrogens (tertiary/aromatic N) is 3. The third kappa shape index (κ3) is 3.13. The smallest absolute Gasteiger partial charge is 0.280 e. The molecule has 0 unspecified atom stereocenters. The predicted molar refractivity (Wildman–Crippen MR) is 101 cm³/mol. The monoisotopic (exact) mass is 405 g/mol. The fourth-order valence-corrected chi connectivity index (χ4v) is 4.29. The van der Waals surface area contributed by atoms with Gasteiger partial charge in [-0.2, -0.15) is 5.10 Å². The van der Waals surface area contributed by atoms with Crippen molar-refractivity contribution in [2.45, 2.75) is 32.1 Å². The van der Waals surface area contributed by atoms with Crippen molar-refractivity contribution in [3.05, 3.63) is 39.7 Å². The Kier molecular flexibility index (Phi) is 4.37. The van der Waals surface area contributed by atoms with Crippen molar-refractivity contribution < 1.29 is 18.4 Å². The minimum absolute atomic E-state index is 0.0886. The quantitative estimate of drug-likeness (QED) is 0.678. The van der Waals surface area contributed by atoms with Gasteiger partial charge < -0.3 is 11.1 Å². The predicted octanol–water partition coefficient (Wildman–Crippen LogP) is 3.50. The van der Waals surface area contributed by atoms with E-state index in [1.54, 1.807) is 20.2 Å². The molecule has 1 aliphatic carbocycles. The van der Waals surface area contributed by atoms with Gasteiger partial charge in [-0.3, -0.25) is 14.3 Å². The van der Waals surface area contributed by atoms with Crippen LogP contribution < -0.4 is 11.1 Å². The molecular formula is C18H17F2N5O2S. The first-order valence-electron chi connectivity index (χ1n) is 8.63. The molecule has 1 fully saturated rings. The lowest BCUT2D eigenvalue weighted by atomic mass is 10.0. The summed E-state index contributed by atoms with van der Waals surface area (Å²) >= 11 is 0.915. The molecule has 3 aromatic heterocycles. The van der Waals surface area contributed by atoms with Crippen molar-refractivity contribution in [3.63, 3.8) is 0 Å². The number of amides is 2. The number of halogens is 2. The molecule has 2 amide bonds. The largest absolute Gasteiger partial charge is 0.365 e. The molecule has 3 aromatic rings. The topological polar surface area (TPSA) is 103 Å². The molecule has 0 bridgehead atoms. The molecule has 0 aliphatic heterocycles. The molecule has 10 heteroatoms. The number of nitrogens with two attached hydrogens (primary N) is 1. The van der Waals surface area contributed by atoms with Crippen LogP contribution in [-0.2, 0) is 7.05 Å². The molecule has 1 aliphatic rings. The summed E-state index contributed by atoms with van der Waals surface area (Å²) < 4.78 is 28.1. The summed E-state index contributed by atoms with van der Waals surface area (Å²) in [6.07, 6.45) is 0.562. The zero-order valence-corrected chi connectivity index (χ0v) is 15.9. The van der Waals surface area contributed by atoms with Crippen molar-refractivity contribution in [3.8, 4) is 0 Å². The van der Waals surface area contributed by atoms with Crippen molar-refractivity contribution >= 4 is 39.1 Å². The molecule has 146 valence electrons. The number of carbonyl (C=O) groups excluding carboxylic acids is 2. The normalized spacial score (nSPS) is 14.0. The number of anilines is 1. The second-order valence-electron chi connectivity index (χ2n) is 6.82. The van der Waals surface area contributed by atoms with Crippen molar-refractivity contribution in [1.29, 1.82) is 0 Å². The summed E-state index contributed by atoms with van der Waals surface area (Å²) in [7, 11) is 1.69. The number of nitrogens with one attached hydrogen (secondary N) is 1. The molecule has 4 rings (SSSR count). The van der Waals surface area contributed by atoms with E-state index in [-0.39, 0.29) is 27.0 Å². The number of fused-ring (bicyclic) bond motifs is 1. The van der Waals surface area contributed by atoms with E-state index in [1.807, 2.05) is 0 Å². The summed E-state index contributed by atoms with van der Waals surface area (Å²) in [4.78, 5) is 29.1. The van der Waals surface area contributed by atoms with E-state index in [4.69, 9.17) is 5.73 Å². The highest BCUT2D eigenvalue weighted by Crippen LogP contribution is 2.48. The summed E-state index contributed by atoms with van der Waals surface area (Å²) in [5.74, 6) is -1.09. The van der Waals surface area contributed by atoms with Gasteiger partial charge in [0, 0.05) is 18.6 Å². The van der Waals surface area contributed by atoms with Gasteiger partial charge in [0.15, 0.2) is 0 Å². The Morgan fingerprint density at radius 1 is 1.39 bits per heavy atom. The summed E-state index contributed by atoms with van der Waals surface area (Å²) in [6, 6.07) is 1.37. The first kappa shape index (κ1) is 18.5. The second kappa shape index (κ2) is 6.62. The molecular weight excluding hydrogens is 388 g/mol. The van der Waals surface area contributed by atoms with Crippen molar-refractivity contribution in [1.82, 2.24) is 14.8 Å². The highest BCUT2D eigenvalue weighted by molar-refractivity contribution is 7.21. The second-order valence-corrected chi connectivity index (χ2v) is 7.82. The number of aryl methyl sites for hydroxylation is 2. The van der Waals surface area contributed by atoms with Crippen molar-refractivity contribution in [2.24, 2.45) is 12.8 Å². The average molecular weight is 405 g/mol. The van der Waals surface area contributed by atoms with E-state index < -0.39 is 18.2 Å². The van der Waals surface area contributed by atoms with Crippen molar-refractivity contribution in [2.75, 3.05) is 5.32 Å². The molecule has 0 spiro atoms. The van der Waals surface area contributed by atoms with E-state index in [1.165, 1.54) is 10.7 Å². The lowest BCUT2D eigenvalue weighted by Crippen LogP contribution is -2.17. The average Bonchev–Trinajstić information content (AvgIpc) is 3.32. The molecule has 0 atom stereocenters. The molecule has 3 heterocycles. The molecule has 28 heavy (non-hydrogen) atoms. The Bertz CT molecular complexity index is 1120. The number of carbonyl (C=O) groups is 2. The zero-order valence-electron chi connectivity index (χ0n) is 15.1. The van der Waals surface area contributed by atoms with Crippen LogP contribution in [0.5, 0.6) is 0 Å². The minimum Gasteiger partial charge on any atom is -0.365 e. The van der Waals surface area contributed by atoms with E-state index in [0.717, 1.165) is 24.2 Å². The Morgan fingerprint density at radius 3 is 2.64 bits per heavy atom.